The number of halogens is 2. The molecule has 4 nitrogen and oxygen atoms in total. The predicted molar refractivity (Wildman–Crippen MR) is 113 cm³/mol. The van der Waals surface area contributed by atoms with Gasteiger partial charge in [0.1, 0.15) is 0 Å². The number of nitrogens with one attached hydrogen (secondary N) is 1. The minimum absolute atomic E-state index is 0. The molecule has 3 unspecified atom stereocenters. The van der Waals surface area contributed by atoms with E-state index in [9.17, 15) is 4.79 Å². The van der Waals surface area contributed by atoms with Gasteiger partial charge in [0, 0.05) is 31.6 Å². The van der Waals surface area contributed by atoms with Gasteiger partial charge in [0.25, 0.3) is 0 Å². The molecule has 4 rings (SSSR count). The lowest BCUT2D eigenvalue weighted by molar-refractivity contribution is -0.137. The van der Waals surface area contributed by atoms with Crippen LogP contribution in [0.15, 0.2) is 36.4 Å². The van der Waals surface area contributed by atoms with E-state index in [-0.39, 0.29) is 36.6 Å². The Balaban J connectivity index is 0.00000121. The van der Waals surface area contributed by atoms with Crippen molar-refractivity contribution in [1.29, 1.82) is 0 Å². The predicted octanol–water partition coefficient (Wildman–Crippen LogP) is 4.01. The van der Waals surface area contributed by atoms with Crippen molar-refractivity contribution in [3.63, 3.8) is 0 Å². The Hall–Kier alpha value is -1.14. The number of hydrogen-bond acceptors (Lipinski definition) is 4. The number of carbonyl (C=O) groups is 1. The Morgan fingerprint density at radius 2 is 2.00 bits per heavy atom. The van der Waals surface area contributed by atoms with E-state index < -0.39 is 0 Å². The zero-order valence-corrected chi connectivity index (χ0v) is 17.2. The summed E-state index contributed by atoms with van der Waals surface area (Å²) >= 11 is 1.74. The smallest absolute Gasteiger partial charge is 0.226 e. The first kappa shape index (κ1) is 21.2. The summed E-state index contributed by atoms with van der Waals surface area (Å²) in [7, 11) is 0. The first-order valence-corrected chi connectivity index (χ1v) is 9.56. The summed E-state index contributed by atoms with van der Waals surface area (Å²) in [6.45, 7) is 4.66. The van der Waals surface area contributed by atoms with Gasteiger partial charge >= 0.3 is 0 Å². The van der Waals surface area contributed by atoms with Crippen LogP contribution in [0.5, 0.6) is 0 Å². The van der Waals surface area contributed by atoms with E-state index in [1.165, 1.54) is 4.70 Å². The van der Waals surface area contributed by atoms with Crippen molar-refractivity contribution in [1.82, 2.24) is 15.2 Å². The molecule has 2 heterocycles. The number of rotatable bonds is 2. The van der Waals surface area contributed by atoms with Crippen LogP contribution in [-0.4, -0.2) is 41.5 Å². The lowest BCUT2D eigenvalue weighted by atomic mass is 9.82. The average molecular weight is 414 g/mol. The fraction of sp³-hybridized carbons (Fsp3) is 0.474. The van der Waals surface area contributed by atoms with Crippen molar-refractivity contribution < 1.29 is 4.79 Å². The maximum atomic E-state index is 13.1. The van der Waals surface area contributed by atoms with Crippen molar-refractivity contribution in [3.05, 3.63) is 41.4 Å². The summed E-state index contributed by atoms with van der Waals surface area (Å²) < 4.78 is 1.21. The first-order chi connectivity index (χ1) is 11.7. The fourth-order valence-corrected chi connectivity index (χ4v) is 4.92. The molecule has 2 aromatic rings. The van der Waals surface area contributed by atoms with Crippen LogP contribution in [0.1, 0.15) is 30.7 Å². The van der Waals surface area contributed by atoms with Gasteiger partial charge in [-0.3, -0.25) is 4.79 Å². The maximum absolute atomic E-state index is 13.1. The van der Waals surface area contributed by atoms with E-state index in [1.54, 1.807) is 11.3 Å². The molecular formula is C19H25Cl2N3OS. The SMILES string of the molecule is CC1CN(C(=O)C2CC=CCC2c2nc3ccccc3s2)CCN1.Cl.Cl. The van der Waals surface area contributed by atoms with Gasteiger partial charge in [0.05, 0.1) is 21.1 Å². The number of hydrogen-bond donors (Lipinski definition) is 1. The molecule has 7 heteroatoms. The van der Waals surface area contributed by atoms with Crippen LogP contribution in [0.2, 0.25) is 0 Å². The number of benzene rings is 1. The summed E-state index contributed by atoms with van der Waals surface area (Å²) in [6, 6.07) is 8.63. The van der Waals surface area contributed by atoms with Crippen LogP contribution < -0.4 is 5.32 Å². The van der Waals surface area contributed by atoms with Crippen molar-refractivity contribution >= 4 is 52.3 Å². The number of allylic oxidation sites excluding steroid dienone is 2. The number of nitrogens with zero attached hydrogens (tertiary/aromatic N) is 2. The lowest BCUT2D eigenvalue weighted by Crippen LogP contribution is -2.53. The van der Waals surface area contributed by atoms with E-state index in [4.69, 9.17) is 4.98 Å². The van der Waals surface area contributed by atoms with Gasteiger partial charge in [0.2, 0.25) is 5.91 Å². The summed E-state index contributed by atoms with van der Waals surface area (Å²) in [5.41, 5.74) is 1.05. The molecule has 0 bridgehead atoms. The Morgan fingerprint density at radius 1 is 1.23 bits per heavy atom. The molecule has 1 aliphatic carbocycles. The van der Waals surface area contributed by atoms with Gasteiger partial charge in [-0.25, -0.2) is 4.98 Å². The van der Waals surface area contributed by atoms with Gasteiger partial charge < -0.3 is 10.2 Å². The van der Waals surface area contributed by atoms with Gasteiger partial charge in [-0.05, 0) is 31.9 Å². The molecule has 2 aliphatic rings. The molecule has 1 aromatic carbocycles. The van der Waals surface area contributed by atoms with Crippen molar-refractivity contribution in [3.8, 4) is 0 Å². The van der Waals surface area contributed by atoms with Gasteiger partial charge in [0.15, 0.2) is 0 Å². The molecule has 0 radical (unpaired) electrons. The molecular weight excluding hydrogens is 389 g/mol. The van der Waals surface area contributed by atoms with Crippen molar-refractivity contribution in [2.24, 2.45) is 5.92 Å². The van der Waals surface area contributed by atoms with Gasteiger partial charge in [-0.2, -0.15) is 0 Å². The minimum atomic E-state index is 0. The third kappa shape index (κ3) is 4.22. The number of aromatic nitrogens is 1. The average Bonchev–Trinajstić information content (AvgIpc) is 3.05. The molecule has 1 N–H and O–H groups in total. The Bertz CT molecular complexity index is 746. The molecule has 1 saturated heterocycles. The second-order valence-corrected chi connectivity index (χ2v) is 7.88. The highest BCUT2D eigenvalue weighted by molar-refractivity contribution is 7.18. The van der Waals surface area contributed by atoms with Crippen LogP contribution in [0.3, 0.4) is 0 Å². The van der Waals surface area contributed by atoms with Crippen LogP contribution in [-0.2, 0) is 4.79 Å². The zero-order chi connectivity index (χ0) is 16.5. The standard InChI is InChI=1S/C19H23N3OS.2ClH/c1-13-12-22(11-10-20-13)19(23)15-7-3-2-6-14(15)18-21-16-8-4-5-9-17(16)24-18;;/h2-5,8-9,13-15,20H,6-7,10-12H2,1H3;2*1H. The monoisotopic (exact) mass is 413 g/mol. The summed E-state index contributed by atoms with van der Waals surface area (Å²) in [5, 5.41) is 4.53. The van der Waals surface area contributed by atoms with Gasteiger partial charge in [-0.1, -0.05) is 24.3 Å². The molecule has 26 heavy (non-hydrogen) atoms. The van der Waals surface area contributed by atoms with E-state index in [2.05, 4.69) is 42.6 Å². The maximum Gasteiger partial charge on any atom is 0.226 e. The lowest BCUT2D eigenvalue weighted by Gasteiger charge is -2.36. The molecule has 0 saturated carbocycles. The number of piperazine rings is 1. The summed E-state index contributed by atoms with van der Waals surface area (Å²) in [5.74, 6) is 0.544. The molecule has 3 atom stereocenters. The number of amides is 1. The second-order valence-electron chi connectivity index (χ2n) is 6.82. The van der Waals surface area contributed by atoms with E-state index in [0.717, 1.165) is 43.0 Å². The van der Waals surface area contributed by atoms with Crippen LogP contribution in [0, 0.1) is 5.92 Å². The number of fused-ring (bicyclic) bond motifs is 1. The van der Waals surface area contributed by atoms with Crippen LogP contribution in [0.25, 0.3) is 10.2 Å². The minimum Gasteiger partial charge on any atom is -0.340 e. The highest BCUT2D eigenvalue weighted by Crippen LogP contribution is 2.39. The number of thiazole rings is 1. The summed E-state index contributed by atoms with van der Waals surface area (Å²) in [4.78, 5) is 20.0. The van der Waals surface area contributed by atoms with Gasteiger partial charge in [-0.15, -0.1) is 36.2 Å². The number of para-hydroxylation sites is 1. The molecule has 0 spiro atoms. The van der Waals surface area contributed by atoms with E-state index >= 15 is 0 Å². The quantitative estimate of drug-likeness (QED) is 0.756. The van der Waals surface area contributed by atoms with Crippen LogP contribution in [0.4, 0.5) is 0 Å². The molecule has 1 aliphatic heterocycles. The molecule has 142 valence electrons. The van der Waals surface area contributed by atoms with Crippen molar-refractivity contribution in [2.75, 3.05) is 19.6 Å². The second kappa shape index (κ2) is 9.18. The Morgan fingerprint density at radius 3 is 2.77 bits per heavy atom. The third-order valence-corrected chi connectivity index (χ3v) is 6.23. The highest BCUT2D eigenvalue weighted by Gasteiger charge is 2.35. The van der Waals surface area contributed by atoms with Crippen molar-refractivity contribution in [2.45, 2.75) is 31.7 Å². The summed E-state index contributed by atoms with van der Waals surface area (Å²) in [6.07, 6.45) is 6.12. The molecule has 1 amide bonds. The normalized spacial score (nSPS) is 25.4. The Labute approximate surface area is 170 Å². The third-order valence-electron chi connectivity index (χ3n) is 5.06. The first-order valence-electron chi connectivity index (χ1n) is 8.75. The topological polar surface area (TPSA) is 45.2 Å². The van der Waals surface area contributed by atoms with E-state index in [1.807, 2.05) is 11.0 Å². The van der Waals surface area contributed by atoms with E-state index in [0.29, 0.717) is 11.9 Å². The highest BCUT2D eigenvalue weighted by atomic mass is 35.5. The number of carbonyl (C=O) groups excluding carboxylic acids is 1. The molecule has 1 aromatic heterocycles. The van der Waals surface area contributed by atoms with Crippen LogP contribution >= 0.6 is 36.2 Å². The largest absolute Gasteiger partial charge is 0.340 e. The fourth-order valence-electron chi connectivity index (χ4n) is 3.78. The Kier molecular flexibility index (Phi) is 7.47. The zero-order valence-electron chi connectivity index (χ0n) is 14.8. The molecule has 1 fully saturated rings.